The maximum absolute atomic E-state index is 12.8. The molecule has 1 amide bonds. The number of sulfonamides is 1. The zero-order valence-electron chi connectivity index (χ0n) is 15.8. The smallest absolute Gasteiger partial charge is 0.251 e. The summed E-state index contributed by atoms with van der Waals surface area (Å²) in [5, 5.41) is 6.24. The molecule has 8 heteroatoms. The Balaban J connectivity index is 1.72. The summed E-state index contributed by atoms with van der Waals surface area (Å²) >= 11 is 0. The Morgan fingerprint density at radius 1 is 1.22 bits per heavy atom. The summed E-state index contributed by atoms with van der Waals surface area (Å²) < 4.78 is 33.6. The van der Waals surface area contributed by atoms with Gasteiger partial charge in [-0.1, -0.05) is 12.8 Å². The lowest BCUT2D eigenvalue weighted by Crippen LogP contribution is -2.38. The maximum atomic E-state index is 12.8. The van der Waals surface area contributed by atoms with E-state index in [2.05, 4.69) is 15.4 Å². The lowest BCUT2D eigenvalue weighted by atomic mass is 9.99. The highest BCUT2D eigenvalue weighted by atomic mass is 32.2. The van der Waals surface area contributed by atoms with Crippen LogP contribution in [0, 0.1) is 5.92 Å². The zero-order valence-corrected chi connectivity index (χ0v) is 16.6. The fourth-order valence-electron chi connectivity index (χ4n) is 3.79. The Bertz CT molecular complexity index is 754. The fourth-order valence-corrected chi connectivity index (χ4v) is 5.29. The van der Waals surface area contributed by atoms with Crippen molar-refractivity contribution in [1.29, 1.82) is 0 Å². The van der Waals surface area contributed by atoms with Crippen LogP contribution < -0.4 is 20.1 Å². The Morgan fingerprint density at radius 2 is 2.00 bits per heavy atom. The third-order valence-electron chi connectivity index (χ3n) is 5.34. The molecule has 0 aromatic heterocycles. The van der Waals surface area contributed by atoms with Crippen LogP contribution in [0.15, 0.2) is 23.1 Å². The molecule has 3 N–H and O–H groups in total. The molecule has 1 aromatic carbocycles. The minimum atomic E-state index is -3.74. The third kappa shape index (κ3) is 5.21. The van der Waals surface area contributed by atoms with E-state index in [0.29, 0.717) is 18.0 Å². The summed E-state index contributed by atoms with van der Waals surface area (Å²) in [5.41, 5.74) is 0.325. The summed E-state index contributed by atoms with van der Waals surface area (Å²) in [6, 6.07) is 4.50. The topological polar surface area (TPSA) is 96.5 Å². The highest BCUT2D eigenvalue weighted by Gasteiger charge is 2.26. The largest absolute Gasteiger partial charge is 0.495 e. The van der Waals surface area contributed by atoms with Crippen molar-refractivity contribution in [3.8, 4) is 5.75 Å². The van der Waals surface area contributed by atoms with Crippen LogP contribution in [0.2, 0.25) is 0 Å². The van der Waals surface area contributed by atoms with Gasteiger partial charge in [-0.25, -0.2) is 13.1 Å². The van der Waals surface area contributed by atoms with Gasteiger partial charge in [0, 0.05) is 18.2 Å². The predicted molar refractivity (Wildman–Crippen MR) is 103 cm³/mol. The number of carbonyl (C=O) groups excluding carboxylic acids is 1. The second kappa shape index (κ2) is 9.03. The molecule has 2 aliphatic rings. The molecule has 2 fully saturated rings. The Hall–Kier alpha value is -1.64. The molecule has 1 aliphatic carbocycles. The van der Waals surface area contributed by atoms with Crippen molar-refractivity contribution in [1.82, 2.24) is 15.4 Å². The summed E-state index contributed by atoms with van der Waals surface area (Å²) in [6.45, 7) is 2.51. The van der Waals surface area contributed by atoms with Crippen molar-refractivity contribution >= 4 is 15.9 Å². The molecule has 1 unspecified atom stereocenters. The van der Waals surface area contributed by atoms with Gasteiger partial charge in [-0.15, -0.1) is 0 Å². The first kappa shape index (κ1) is 20.1. The van der Waals surface area contributed by atoms with Crippen LogP contribution in [0.4, 0.5) is 0 Å². The number of amides is 1. The lowest BCUT2D eigenvalue weighted by Gasteiger charge is -2.23. The first-order valence-electron chi connectivity index (χ1n) is 9.69. The van der Waals surface area contributed by atoms with Crippen LogP contribution in [0.1, 0.15) is 48.9 Å². The van der Waals surface area contributed by atoms with E-state index in [1.54, 1.807) is 12.1 Å². The van der Waals surface area contributed by atoms with E-state index in [-0.39, 0.29) is 22.6 Å². The molecule has 1 saturated heterocycles. The van der Waals surface area contributed by atoms with Crippen molar-refractivity contribution in [3.05, 3.63) is 23.8 Å². The standard InChI is InChI=1S/C19H29N3O4S/c1-26-17-9-8-15(19(23)21-13-14-5-4-10-20-12-14)11-18(17)27(24,25)22-16-6-2-3-7-16/h8-9,11,14,16,20,22H,2-7,10,12-13H2,1H3,(H,21,23). The molecule has 0 spiro atoms. The van der Waals surface area contributed by atoms with Gasteiger partial charge >= 0.3 is 0 Å². The summed E-state index contributed by atoms with van der Waals surface area (Å²) in [6.07, 6.45) is 5.94. The lowest BCUT2D eigenvalue weighted by molar-refractivity contribution is 0.0944. The first-order valence-corrected chi connectivity index (χ1v) is 11.2. The van der Waals surface area contributed by atoms with Crippen molar-refractivity contribution < 1.29 is 17.9 Å². The minimum Gasteiger partial charge on any atom is -0.495 e. The number of piperidine rings is 1. The van der Waals surface area contributed by atoms with E-state index in [4.69, 9.17) is 4.74 Å². The van der Waals surface area contributed by atoms with E-state index in [9.17, 15) is 13.2 Å². The van der Waals surface area contributed by atoms with Gasteiger partial charge in [0.15, 0.2) is 0 Å². The third-order valence-corrected chi connectivity index (χ3v) is 6.88. The van der Waals surface area contributed by atoms with E-state index in [0.717, 1.165) is 51.6 Å². The molecule has 0 radical (unpaired) electrons. The molecule has 1 aromatic rings. The normalized spacial score (nSPS) is 21.1. The highest BCUT2D eigenvalue weighted by Crippen LogP contribution is 2.27. The van der Waals surface area contributed by atoms with Gasteiger partial charge in [0.05, 0.1) is 7.11 Å². The highest BCUT2D eigenvalue weighted by molar-refractivity contribution is 7.89. The molecule has 1 saturated carbocycles. The molecular formula is C19H29N3O4S. The number of rotatable bonds is 7. The molecule has 3 rings (SSSR count). The zero-order chi connectivity index (χ0) is 19.3. The number of methoxy groups -OCH3 is 1. The van der Waals surface area contributed by atoms with Gasteiger partial charge < -0.3 is 15.4 Å². The molecule has 1 heterocycles. The Kier molecular flexibility index (Phi) is 6.73. The minimum absolute atomic E-state index is 0.0175. The molecular weight excluding hydrogens is 366 g/mol. The number of hydrogen-bond donors (Lipinski definition) is 3. The van der Waals surface area contributed by atoms with E-state index in [1.807, 2.05) is 0 Å². The number of nitrogens with one attached hydrogen (secondary N) is 3. The molecule has 1 aliphatic heterocycles. The van der Waals surface area contributed by atoms with E-state index < -0.39 is 10.0 Å². The van der Waals surface area contributed by atoms with Crippen LogP contribution in [-0.2, 0) is 10.0 Å². The Labute approximate surface area is 161 Å². The van der Waals surface area contributed by atoms with Gasteiger partial charge in [-0.2, -0.15) is 0 Å². The van der Waals surface area contributed by atoms with Gasteiger partial charge in [-0.3, -0.25) is 4.79 Å². The van der Waals surface area contributed by atoms with Gasteiger partial charge in [0.25, 0.3) is 5.91 Å². The molecule has 150 valence electrons. The molecule has 1 atom stereocenters. The van der Waals surface area contributed by atoms with E-state index >= 15 is 0 Å². The molecule has 0 bridgehead atoms. The van der Waals surface area contributed by atoms with Crippen molar-refractivity contribution in [2.24, 2.45) is 5.92 Å². The average molecular weight is 396 g/mol. The molecule has 7 nitrogen and oxygen atoms in total. The van der Waals surface area contributed by atoms with Crippen LogP contribution >= 0.6 is 0 Å². The van der Waals surface area contributed by atoms with Gasteiger partial charge in [0.1, 0.15) is 10.6 Å². The summed E-state index contributed by atoms with van der Waals surface area (Å²) in [5.74, 6) is 0.391. The summed E-state index contributed by atoms with van der Waals surface area (Å²) in [7, 11) is -2.31. The number of hydrogen-bond acceptors (Lipinski definition) is 5. The van der Waals surface area contributed by atoms with Crippen molar-refractivity contribution in [2.45, 2.75) is 49.5 Å². The molecule has 27 heavy (non-hydrogen) atoms. The quantitative estimate of drug-likeness (QED) is 0.652. The second-order valence-corrected chi connectivity index (χ2v) is 9.07. The van der Waals surface area contributed by atoms with Crippen LogP contribution in [-0.4, -0.2) is 47.1 Å². The van der Waals surface area contributed by atoms with Crippen LogP contribution in [0.5, 0.6) is 5.75 Å². The number of benzene rings is 1. The first-order chi connectivity index (χ1) is 13.0. The fraction of sp³-hybridized carbons (Fsp3) is 0.632. The summed E-state index contributed by atoms with van der Waals surface area (Å²) in [4.78, 5) is 12.5. The predicted octanol–water partition coefficient (Wildman–Crippen LogP) is 1.65. The monoisotopic (exact) mass is 395 g/mol. The Morgan fingerprint density at radius 3 is 2.67 bits per heavy atom. The van der Waals surface area contributed by atoms with Gasteiger partial charge in [0.2, 0.25) is 10.0 Å². The van der Waals surface area contributed by atoms with Crippen molar-refractivity contribution in [2.75, 3.05) is 26.7 Å². The SMILES string of the molecule is COc1ccc(C(=O)NCC2CCCNC2)cc1S(=O)(=O)NC1CCCC1. The van der Waals surface area contributed by atoms with Crippen LogP contribution in [0.25, 0.3) is 0 Å². The van der Waals surface area contributed by atoms with E-state index in [1.165, 1.54) is 13.2 Å². The number of ether oxygens (including phenoxy) is 1. The van der Waals surface area contributed by atoms with Crippen LogP contribution in [0.3, 0.4) is 0 Å². The van der Waals surface area contributed by atoms with Gasteiger partial charge in [-0.05, 0) is 62.9 Å². The average Bonchev–Trinajstić information content (AvgIpc) is 3.18. The second-order valence-electron chi connectivity index (χ2n) is 7.39. The maximum Gasteiger partial charge on any atom is 0.251 e. The number of carbonyl (C=O) groups is 1. The van der Waals surface area contributed by atoms with Crippen molar-refractivity contribution in [3.63, 3.8) is 0 Å².